The first-order valence-corrected chi connectivity index (χ1v) is 8.37. The number of carbonyl (C=O) groups excluding carboxylic acids is 1. The molecule has 23 heavy (non-hydrogen) atoms. The van der Waals surface area contributed by atoms with Crippen molar-refractivity contribution >= 4 is 5.91 Å². The molecule has 2 aliphatic rings. The molecule has 3 rings (SSSR count). The summed E-state index contributed by atoms with van der Waals surface area (Å²) in [5.41, 5.74) is 0.645. The summed E-state index contributed by atoms with van der Waals surface area (Å²) in [7, 11) is 0. The fourth-order valence-corrected chi connectivity index (χ4v) is 3.01. The van der Waals surface area contributed by atoms with Crippen molar-refractivity contribution in [3.63, 3.8) is 0 Å². The van der Waals surface area contributed by atoms with Crippen molar-refractivity contribution in [2.75, 3.05) is 39.4 Å². The molecule has 0 aliphatic carbocycles. The van der Waals surface area contributed by atoms with Crippen LogP contribution >= 0.6 is 0 Å². The summed E-state index contributed by atoms with van der Waals surface area (Å²) in [6.07, 6.45) is 2.56. The van der Waals surface area contributed by atoms with Gasteiger partial charge >= 0.3 is 0 Å². The van der Waals surface area contributed by atoms with Crippen molar-refractivity contribution in [3.8, 4) is 5.88 Å². The minimum atomic E-state index is 0.0439. The molecule has 126 valence electrons. The van der Waals surface area contributed by atoms with Gasteiger partial charge in [0.05, 0.1) is 13.2 Å². The van der Waals surface area contributed by atoms with Crippen LogP contribution in [0.25, 0.3) is 0 Å². The van der Waals surface area contributed by atoms with E-state index in [4.69, 9.17) is 9.47 Å². The van der Waals surface area contributed by atoms with Crippen LogP contribution in [0.15, 0.2) is 18.3 Å². The molecule has 2 fully saturated rings. The lowest BCUT2D eigenvalue weighted by Crippen LogP contribution is -2.50. The third-order valence-corrected chi connectivity index (χ3v) is 4.49. The molecule has 0 spiro atoms. The van der Waals surface area contributed by atoms with Gasteiger partial charge in [-0.15, -0.1) is 0 Å². The molecule has 6 nitrogen and oxygen atoms in total. The van der Waals surface area contributed by atoms with E-state index in [0.717, 1.165) is 39.2 Å². The molecule has 6 heteroatoms. The Morgan fingerprint density at radius 1 is 1.35 bits per heavy atom. The first-order valence-electron chi connectivity index (χ1n) is 8.37. The molecular formula is C17H25N3O3. The van der Waals surface area contributed by atoms with Crippen LogP contribution in [0.3, 0.4) is 0 Å². The standard InChI is InChI=1S/C17H25N3O3/c1-13(2)19-6-8-20(9-7-19)17(21)14-3-5-18-16(11-14)23-15-4-10-22-12-15/h3,5,11,13,15H,4,6-10,12H2,1-2H3. The maximum Gasteiger partial charge on any atom is 0.254 e. The molecule has 0 aromatic carbocycles. The average Bonchev–Trinajstić information content (AvgIpc) is 3.07. The Balaban J connectivity index is 1.61. The normalized spacial score (nSPS) is 22.6. The molecule has 1 aromatic heterocycles. The van der Waals surface area contributed by atoms with Crippen LogP contribution in [-0.2, 0) is 4.74 Å². The third kappa shape index (κ3) is 4.00. The van der Waals surface area contributed by atoms with Crippen LogP contribution in [0.4, 0.5) is 0 Å². The van der Waals surface area contributed by atoms with E-state index in [1.165, 1.54) is 0 Å². The second-order valence-corrected chi connectivity index (χ2v) is 6.41. The Morgan fingerprint density at radius 3 is 2.78 bits per heavy atom. The number of piperazine rings is 1. The number of ether oxygens (including phenoxy) is 2. The highest BCUT2D eigenvalue weighted by Gasteiger charge is 2.24. The maximum atomic E-state index is 12.7. The zero-order chi connectivity index (χ0) is 16.2. The van der Waals surface area contributed by atoms with Crippen LogP contribution in [0.5, 0.6) is 5.88 Å². The van der Waals surface area contributed by atoms with E-state index < -0.39 is 0 Å². The second kappa shape index (κ2) is 7.27. The van der Waals surface area contributed by atoms with Crippen molar-refractivity contribution < 1.29 is 14.3 Å². The van der Waals surface area contributed by atoms with Crippen LogP contribution < -0.4 is 4.74 Å². The molecule has 2 saturated heterocycles. The van der Waals surface area contributed by atoms with Crippen molar-refractivity contribution in [1.29, 1.82) is 0 Å². The van der Waals surface area contributed by atoms with Crippen molar-refractivity contribution in [2.24, 2.45) is 0 Å². The van der Waals surface area contributed by atoms with Crippen molar-refractivity contribution in [2.45, 2.75) is 32.4 Å². The number of hydrogen-bond donors (Lipinski definition) is 0. The smallest absolute Gasteiger partial charge is 0.254 e. The maximum absolute atomic E-state index is 12.7. The number of carbonyl (C=O) groups is 1. The van der Waals surface area contributed by atoms with Gasteiger partial charge in [0.25, 0.3) is 5.91 Å². The van der Waals surface area contributed by atoms with E-state index in [2.05, 4.69) is 23.7 Å². The van der Waals surface area contributed by atoms with E-state index in [9.17, 15) is 4.79 Å². The highest BCUT2D eigenvalue weighted by Crippen LogP contribution is 2.17. The van der Waals surface area contributed by atoms with Gasteiger partial charge < -0.3 is 14.4 Å². The molecule has 2 aliphatic heterocycles. The summed E-state index contributed by atoms with van der Waals surface area (Å²) in [4.78, 5) is 21.2. The van der Waals surface area contributed by atoms with Gasteiger partial charge in [-0.05, 0) is 19.9 Å². The topological polar surface area (TPSA) is 54.9 Å². The Labute approximate surface area is 137 Å². The third-order valence-electron chi connectivity index (χ3n) is 4.49. The van der Waals surface area contributed by atoms with E-state index in [1.54, 1.807) is 18.3 Å². The Bertz CT molecular complexity index is 536. The summed E-state index contributed by atoms with van der Waals surface area (Å²) < 4.78 is 11.1. The van der Waals surface area contributed by atoms with Crippen molar-refractivity contribution in [3.05, 3.63) is 23.9 Å². The second-order valence-electron chi connectivity index (χ2n) is 6.41. The minimum Gasteiger partial charge on any atom is -0.472 e. The largest absolute Gasteiger partial charge is 0.472 e. The quantitative estimate of drug-likeness (QED) is 0.840. The van der Waals surface area contributed by atoms with E-state index in [1.807, 2.05) is 4.90 Å². The zero-order valence-corrected chi connectivity index (χ0v) is 13.9. The van der Waals surface area contributed by atoms with Crippen LogP contribution in [0.2, 0.25) is 0 Å². The fraction of sp³-hybridized carbons (Fsp3) is 0.647. The molecule has 1 amide bonds. The van der Waals surface area contributed by atoms with Crippen molar-refractivity contribution in [1.82, 2.24) is 14.8 Å². The van der Waals surface area contributed by atoms with Gasteiger partial charge in [-0.25, -0.2) is 4.98 Å². The van der Waals surface area contributed by atoms with Gasteiger partial charge in [0.15, 0.2) is 0 Å². The molecule has 1 aromatic rings. The van der Waals surface area contributed by atoms with E-state index in [0.29, 0.717) is 24.1 Å². The first-order chi connectivity index (χ1) is 11.1. The summed E-state index contributed by atoms with van der Waals surface area (Å²) in [5.74, 6) is 0.565. The van der Waals surface area contributed by atoms with E-state index in [-0.39, 0.29) is 12.0 Å². The lowest BCUT2D eigenvalue weighted by atomic mass is 10.2. The summed E-state index contributed by atoms with van der Waals surface area (Å²) in [6, 6.07) is 4.03. The Kier molecular flexibility index (Phi) is 5.13. The van der Waals surface area contributed by atoms with Crippen LogP contribution in [-0.4, -0.2) is 72.2 Å². The summed E-state index contributed by atoms with van der Waals surface area (Å²) >= 11 is 0. The lowest BCUT2D eigenvalue weighted by Gasteiger charge is -2.37. The predicted octanol–water partition coefficient (Wildman–Crippen LogP) is 1.42. The minimum absolute atomic E-state index is 0.0439. The highest BCUT2D eigenvalue weighted by atomic mass is 16.5. The fourth-order valence-electron chi connectivity index (χ4n) is 3.01. The average molecular weight is 319 g/mol. The first kappa shape index (κ1) is 16.2. The van der Waals surface area contributed by atoms with Gasteiger partial charge in [0.2, 0.25) is 5.88 Å². The molecule has 0 bridgehead atoms. The zero-order valence-electron chi connectivity index (χ0n) is 13.9. The number of hydrogen-bond acceptors (Lipinski definition) is 5. The molecular weight excluding hydrogens is 294 g/mol. The van der Waals surface area contributed by atoms with Crippen LogP contribution in [0.1, 0.15) is 30.6 Å². The molecule has 1 unspecified atom stereocenters. The van der Waals surface area contributed by atoms with E-state index >= 15 is 0 Å². The molecule has 3 heterocycles. The molecule has 0 radical (unpaired) electrons. The summed E-state index contributed by atoms with van der Waals surface area (Å²) in [6.45, 7) is 9.10. The number of nitrogens with zero attached hydrogens (tertiary/aromatic N) is 3. The Morgan fingerprint density at radius 2 is 2.13 bits per heavy atom. The monoisotopic (exact) mass is 319 g/mol. The molecule has 0 N–H and O–H groups in total. The van der Waals surface area contributed by atoms with Gasteiger partial charge in [0, 0.05) is 56.5 Å². The number of aromatic nitrogens is 1. The lowest BCUT2D eigenvalue weighted by molar-refractivity contribution is 0.0594. The van der Waals surface area contributed by atoms with Gasteiger partial charge in [-0.2, -0.15) is 0 Å². The van der Waals surface area contributed by atoms with Gasteiger partial charge in [-0.3, -0.25) is 9.69 Å². The Hall–Kier alpha value is -1.66. The molecule has 0 saturated carbocycles. The number of pyridine rings is 1. The number of amides is 1. The van der Waals surface area contributed by atoms with Gasteiger partial charge in [-0.1, -0.05) is 0 Å². The SMILES string of the molecule is CC(C)N1CCN(C(=O)c2ccnc(OC3CCOC3)c2)CC1. The predicted molar refractivity (Wildman–Crippen MR) is 86.7 cm³/mol. The summed E-state index contributed by atoms with van der Waals surface area (Å²) in [5, 5.41) is 0. The van der Waals surface area contributed by atoms with Gasteiger partial charge in [0.1, 0.15) is 6.10 Å². The number of rotatable bonds is 4. The molecule has 1 atom stereocenters. The van der Waals surface area contributed by atoms with Crippen LogP contribution in [0, 0.1) is 0 Å². The highest BCUT2D eigenvalue weighted by molar-refractivity contribution is 5.94.